The zero-order valence-electron chi connectivity index (χ0n) is 7.26. The van der Waals surface area contributed by atoms with Crippen LogP contribution in [0.2, 0.25) is 0 Å². The molecule has 64 valence electrons. The van der Waals surface area contributed by atoms with Crippen LogP contribution in [0.4, 0.5) is 0 Å². The monoisotopic (exact) mass is 179 g/mol. The number of thiophene rings is 1. The third-order valence-electron chi connectivity index (χ3n) is 1.47. The number of aryl methyl sites for hydroxylation is 1. The van der Waals surface area contributed by atoms with E-state index in [4.69, 9.17) is 5.73 Å². The third kappa shape index (κ3) is 3.08. The molecule has 0 saturated carbocycles. The van der Waals surface area contributed by atoms with Crippen LogP contribution in [0.25, 0.3) is 0 Å². The van der Waals surface area contributed by atoms with E-state index >= 15 is 0 Å². The molecular formula is C10H13NS. The van der Waals surface area contributed by atoms with Crippen molar-refractivity contribution in [3.8, 4) is 11.8 Å². The Morgan fingerprint density at radius 2 is 2.42 bits per heavy atom. The lowest BCUT2D eigenvalue weighted by Gasteiger charge is -1.83. The first-order valence-electron chi connectivity index (χ1n) is 4.07. The molecule has 1 rings (SSSR count). The van der Waals surface area contributed by atoms with Crippen LogP contribution in [0, 0.1) is 18.8 Å². The van der Waals surface area contributed by atoms with Crippen molar-refractivity contribution in [1.82, 2.24) is 0 Å². The predicted molar refractivity (Wildman–Crippen MR) is 54.2 cm³/mol. The van der Waals surface area contributed by atoms with E-state index in [1.165, 1.54) is 4.88 Å². The average molecular weight is 179 g/mol. The van der Waals surface area contributed by atoms with Gasteiger partial charge >= 0.3 is 0 Å². The molecule has 0 spiro atoms. The molecule has 0 radical (unpaired) electrons. The molecule has 2 heteroatoms. The Kier molecular flexibility index (Phi) is 3.86. The summed E-state index contributed by atoms with van der Waals surface area (Å²) in [6.07, 6.45) is 1.90. The molecule has 0 aliphatic rings. The molecule has 2 N–H and O–H groups in total. The Bertz CT molecular complexity index is 290. The highest BCUT2D eigenvalue weighted by Crippen LogP contribution is 2.11. The fourth-order valence-corrected chi connectivity index (χ4v) is 1.50. The van der Waals surface area contributed by atoms with Crippen molar-refractivity contribution in [2.75, 3.05) is 6.54 Å². The number of unbranched alkanes of at least 4 members (excludes halogenated alkanes) is 1. The fourth-order valence-electron chi connectivity index (χ4n) is 0.864. The van der Waals surface area contributed by atoms with Crippen molar-refractivity contribution in [3.05, 3.63) is 21.9 Å². The Balaban J connectivity index is 2.43. The normalized spacial score (nSPS) is 9.17. The van der Waals surface area contributed by atoms with Gasteiger partial charge in [0.05, 0.1) is 0 Å². The van der Waals surface area contributed by atoms with E-state index in [-0.39, 0.29) is 0 Å². The molecule has 0 aromatic carbocycles. The minimum Gasteiger partial charge on any atom is -0.330 e. The van der Waals surface area contributed by atoms with Crippen LogP contribution in [-0.4, -0.2) is 6.54 Å². The van der Waals surface area contributed by atoms with Gasteiger partial charge in [-0.3, -0.25) is 0 Å². The summed E-state index contributed by atoms with van der Waals surface area (Å²) in [5.74, 6) is 6.20. The first-order valence-corrected chi connectivity index (χ1v) is 4.95. The Morgan fingerprint density at radius 1 is 1.58 bits per heavy atom. The largest absolute Gasteiger partial charge is 0.330 e. The van der Waals surface area contributed by atoms with E-state index in [1.54, 1.807) is 11.3 Å². The van der Waals surface area contributed by atoms with Crippen molar-refractivity contribution < 1.29 is 0 Å². The van der Waals surface area contributed by atoms with Crippen LogP contribution in [0.1, 0.15) is 23.3 Å². The molecule has 0 unspecified atom stereocenters. The molecule has 0 fully saturated rings. The number of rotatable bonds is 2. The lowest BCUT2D eigenvalue weighted by molar-refractivity contribution is 0.870. The van der Waals surface area contributed by atoms with Gasteiger partial charge in [0.15, 0.2) is 0 Å². The number of hydrogen-bond donors (Lipinski definition) is 1. The van der Waals surface area contributed by atoms with Crippen LogP contribution < -0.4 is 5.73 Å². The molecule has 0 amide bonds. The summed E-state index contributed by atoms with van der Waals surface area (Å²) in [7, 11) is 0. The molecule has 0 saturated heterocycles. The van der Waals surface area contributed by atoms with Gasteiger partial charge in [-0.1, -0.05) is 11.8 Å². The number of nitrogens with two attached hydrogens (primary N) is 1. The van der Waals surface area contributed by atoms with Gasteiger partial charge in [-0.05, 0) is 26.0 Å². The molecule has 1 aromatic heterocycles. The SMILES string of the molecule is Cc1cc(C#CCCCN)cs1. The molecule has 0 aliphatic carbocycles. The topological polar surface area (TPSA) is 26.0 Å². The number of hydrogen-bond acceptors (Lipinski definition) is 2. The van der Waals surface area contributed by atoms with Crippen LogP contribution in [0.15, 0.2) is 11.4 Å². The maximum Gasteiger partial charge on any atom is 0.0354 e. The molecular weight excluding hydrogens is 166 g/mol. The summed E-state index contributed by atoms with van der Waals surface area (Å²) in [5, 5.41) is 2.09. The van der Waals surface area contributed by atoms with E-state index in [2.05, 4.69) is 30.2 Å². The molecule has 0 atom stereocenters. The van der Waals surface area contributed by atoms with Crippen molar-refractivity contribution in [3.63, 3.8) is 0 Å². The summed E-state index contributed by atoms with van der Waals surface area (Å²) >= 11 is 1.74. The smallest absolute Gasteiger partial charge is 0.0354 e. The van der Waals surface area contributed by atoms with E-state index < -0.39 is 0 Å². The highest BCUT2D eigenvalue weighted by atomic mass is 32.1. The first-order chi connectivity index (χ1) is 5.83. The van der Waals surface area contributed by atoms with Gasteiger partial charge in [0.2, 0.25) is 0 Å². The van der Waals surface area contributed by atoms with Gasteiger partial charge in [0.25, 0.3) is 0 Å². The highest BCUT2D eigenvalue weighted by molar-refractivity contribution is 7.10. The first kappa shape index (κ1) is 9.31. The quantitative estimate of drug-likeness (QED) is 0.546. The third-order valence-corrected chi connectivity index (χ3v) is 2.33. The van der Waals surface area contributed by atoms with Crippen molar-refractivity contribution in [2.45, 2.75) is 19.8 Å². The second kappa shape index (κ2) is 4.97. The van der Waals surface area contributed by atoms with Gasteiger partial charge in [-0.2, -0.15) is 0 Å². The van der Waals surface area contributed by atoms with E-state index in [0.29, 0.717) is 0 Å². The van der Waals surface area contributed by atoms with Crippen LogP contribution in [0.3, 0.4) is 0 Å². The van der Waals surface area contributed by atoms with E-state index in [0.717, 1.165) is 24.9 Å². The van der Waals surface area contributed by atoms with Crippen molar-refractivity contribution >= 4 is 11.3 Å². The van der Waals surface area contributed by atoms with Gasteiger partial charge in [-0.15, -0.1) is 11.3 Å². The van der Waals surface area contributed by atoms with Gasteiger partial charge in [-0.25, -0.2) is 0 Å². The Morgan fingerprint density at radius 3 is 3.00 bits per heavy atom. The molecule has 0 bridgehead atoms. The van der Waals surface area contributed by atoms with Gasteiger partial charge < -0.3 is 5.73 Å². The standard InChI is InChI=1S/C10H13NS/c1-9-7-10(8-12-9)5-3-2-4-6-11/h7-8H,2,4,6,11H2,1H3. The summed E-state index contributed by atoms with van der Waals surface area (Å²) in [6, 6.07) is 2.11. The Hall–Kier alpha value is -0.780. The Labute approximate surface area is 77.6 Å². The summed E-state index contributed by atoms with van der Waals surface area (Å²) in [4.78, 5) is 1.32. The zero-order chi connectivity index (χ0) is 8.81. The molecule has 1 nitrogen and oxygen atoms in total. The summed E-state index contributed by atoms with van der Waals surface area (Å²) in [5.41, 5.74) is 6.48. The van der Waals surface area contributed by atoms with Gasteiger partial charge in [0, 0.05) is 22.2 Å². The highest BCUT2D eigenvalue weighted by Gasteiger charge is 1.89. The molecule has 1 aromatic rings. The summed E-state index contributed by atoms with van der Waals surface area (Å²) in [6.45, 7) is 2.83. The predicted octanol–water partition coefficient (Wildman–Crippen LogP) is 2.15. The molecule has 12 heavy (non-hydrogen) atoms. The maximum absolute atomic E-state index is 5.35. The van der Waals surface area contributed by atoms with Gasteiger partial charge in [0.1, 0.15) is 0 Å². The molecule has 1 heterocycles. The van der Waals surface area contributed by atoms with Crippen LogP contribution in [-0.2, 0) is 0 Å². The molecule has 0 aliphatic heterocycles. The lowest BCUT2D eigenvalue weighted by Crippen LogP contribution is -1.96. The van der Waals surface area contributed by atoms with Crippen LogP contribution >= 0.6 is 11.3 Å². The van der Waals surface area contributed by atoms with E-state index in [9.17, 15) is 0 Å². The second-order valence-electron chi connectivity index (χ2n) is 2.64. The average Bonchev–Trinajstić information content (AvgIpc) is 2.45. The lowest BCUT2D eigenvalue weighted by atomic mass is 10.2. The van der Waals surface area contributed by atoms with E-state index in [1.807, 2.05) is 0 Å². The van der Waals surface area contributed by atoms with Crippen molar-refractivity contribution in [2.24, 2.45) is 5.73 Å². The second-order valence-corrected chi connectivity index (χ2v) is 3.76. The minimum absolute atomic E-state index is 0.733. The maximum atomic E-state index is 5.35. The fraction of sp³-hybridized carbons (Fsp3) is 0.400. The summed E-state index contributed by atoms with van der Waals surface area (Å²) < 4.78 is 0. The zero-order valence-corrected chi connectivity index (χ0v) is 8.08. The minimum atomic E-state index is 0.733. The van der Waals surface area contributed by atoms with Crippen molar-refractivity contribution in [1.29, 1.82) is 0 Å². The van der Waals surface area contributed by atoms with Crippen LogP contribution in [0.5, 0.6) is 0 Å².